The predicted octanol–water partition coefficient (Wildman–Crippen LogP) is 5.35. The molecule has 1 aliphatic rings. The van der Waals surface area contributed by atoms with E-state index in [9.17, 15) is 0 Å². The lowest BCUT2D eigenvalue weighted by molar-refractivity contribution is 0.827. The lowest BCUT2D eigenvalue weighted by Gasteiger charge is -2.14. The van der Waals surface area contributed by atoms with Crippen LogP contribution in [0, 0.1) is 6.92 Å². The molecule has 3 aromatic carbocycles. The zero-order chi connectivity index (χ0) is 14.2. The lowest BCUT2D eigenvalue weighted by Crippen LogP contribution is -2.01. The van der Waals surface area contributed by atoms with Gasteiger partial charge in [-0.3, -0.25) is 0 Å². The summed E-state index contributed by atoms with van der Waals surface area (Å²) in [7, 11) is 0. The first-order valence-corrected chi connectivity index (χ1v) is 7.57. The van der Waals surface area contributed by atoms with Gasteiger partial charge in [-0.15, -0.1) is 0 Å². The monoisotopic (exact) mass is 270 g/mol. The molecule has 0 radical (unpaired) electrons. The average Bonchev–Trinajstić information content (AvgIpc) is 2.85. The summed E-state index contributed by atoms with van der Waals surface area (Å²) < 4.78 is 0. The number of hydrogen-bond acceptors (Lipinski definition) is 0. The highest BCUT2D eigenvalue weighted by Crippen LogP contribution is 2.45. The Kier molecular flexibility index (Phi) is 2.89. The Labute approximate surface area is 126 Å². The lowest BCUT2D eigenvalue weighted by atomic mass is 9.90. The number of rotatable bonds is 2. The first kappa shape index (κ1) is 12.4. The van der Waals surface area contributed by atoms with Crippen LogP contribution in [-0.4, -0.2) is 0 Å². The molecule has 0 atom stereocenters. The molecule has 0 fully saturated rings. The molecule has 0 saturated carbocycles. The van der Waals surface area contributed by atoms with Gasteiger partial charge in [0.25, 0.3) is 0 Å². The molecule has 4 rings (SSSR count). The van der Waals surface area contributed by atoms with Crippen LogP contribution in [0.2, 0.25) is 0 Å². The third-order valence-electron chi connectivity index (χ3n) is 4.52. The predicted molar refractivity (Wildman–Crippen MR) is 88.6 cm³/mol. The molecule has 0 bridgehead atoms. The molecule has 102 valence electrons. The van der Waals surface area contributed by atoms with Crippen molar-refractivity contribution in [3.8, 4) is 11.1 Å². The van der Waals surface area contributed by atoms with E-state index in [0.29, 0.717) is 5.92 Å². The van der Waals surface area contributed by atoms with Gasteiger partial charge in [-0.2, -0.15) is 0 Å². The topological polar surface area (TPSA) is 0 Å². The first-order valence-electron chi connectivity index (χ1n) is 7.57. The van der Waals surface area contributed by atoms with E-state index in [0.717, 1.165) is 6.42 Å². The summed E-state index contributed by atoms with van der Waals surface area (Å²) in [6.45, 7) is 2.14. The summed E-state index contributed by atoms with van der Waals surface area (Å²) in [5, 5.41) is 0. The van der Waals surface area contributed by atoms with E-state index >= 15 is 0 Å². The molecule has 0 aromatic heterocycles. The second-order valence-electron chi connectivity index (χ2n) is 5.92. The van der Waals surface area contributed by atoms with Crippen LogP contribution >= 0.6 is 0 Å². The summed E-state index contributed by atoms with van der Waals surface area (Å²) in [6.07, 6.45) is 1.08. The highest BCUT2D eigenvalue weighted by Gasteiger charge is 2.27. The second kappa shape index (κ2) is 4.89. The van der Waals surface area contributed by atoms with E-state index in [-0.39, 0.29) is 0 Å². The van der Waals surface area contributed by atoms with Gasteiger partial charge < -0.3 is 0 Å². The van der Waals surface area contributed by atoms with Crippen molar-refractivity contribution in [2.24, 2.45) is 0 Å². The fraction of sp³-hybridized carbons (Fsp3) is 0.143. The van der Waals surface area contributed by atoms with Crippen molar-refractivity contribution in [3.63, 3.8) is 0 Å². The van der Waals surface area contributed by atoms with E-state index < -0.39 is 0 Å². The van der Waals surface area contributed by atoms with Gasteiger partial charge >= 0.3 is 0 Å². The highest BCUT2D eigenvalue weighted by molar-refractivity contribution is 5.78. The third-order valence-corrected chi connectivity index (χ3v) is 4.52. The summed E-state index contributed by atoms with van der Waals surface area (Å²) in [5.74, 6) is 0.486. The number of fused-ring (bicyclic) bond motifs is 3. The molecule has 0 saturated heterocycles. The zero-order valence-electron chi connectivity index (χ0n) is 12.2. The third kappa shape index (κ3) is 2.08. The van der Waals surface area contributed by atoms with Gasteiger partial charge in [0.1, 0.15) is 0 Å². The van der Waals surface area contributed by atoms with Gasteiger partial charge in [0, 0.05) is 5.92 Å². The molecule has 0 aliphatic heterocycles. The minimum absolute atomic E-state index is 0.486. The maximum Gasteiger partial charge on any atom is 0.0142 e. The van der Waals surface area contributed by atoms with Crippen LogP contribution in [0.25, 0.3) is 11.1 Å². The van der Waals surface area contributed by atoms with Crippen molar-refractivity contribution in [1.29, 1.82) is 0 Å². The Morgan fingerprint density at radius 3 is 1.76 bits per heavy atom. The molecule has 1 aliphatic carbocycles. The maximum absolute atomic E-state index is 2.29. The molecule has 0 N–H and O–H groups in total. The van der Waals surface area contributed by atoms with Gasteiger partial charge in [-0.05, 0) is 41.2 Å². The first-order chi connectivity index (χ1) is 10.3. The molecule has 0 spiro atoms. The highest BCUT2D eigenvalue weighted by atomic mass is 14.3. The van der Waals surface area contributed by atoms with E-state index in [1.165, 1.54) is 33.4 Å². The number of benzene rings is 3. The van der Waals surface area contributed by atoms with E-state index in [1.807, 2.05) is 0 Å². The van der Waals surface area contributed by atoms with E-state index in [4.69, 9.17) is 0 Å². The molecule has 0 heteroatoms. The zero-order valence-corrected chi connectivity index (χ0v) is 12.2. The van der Waals surface area contributed by atoms with Crippen LogP contribution in [0.1, 0.15) is 28.2 Å². The molecule has 0 unspecified atom stereocenters. The number of aryl methyl sites for hydroxylation is 1. The summed E-state index contributed by atoms with van der Waals surface area (Å²) in [4.78, 5) is 0. The molecule has 3 aromatic rings. The molecular formula is C21H18. The minimum atomic E-state index is 0.486. The van der Waals surface area contributed by atoms with Gasteiger partial charge in [0.2, 0.25) is 0 Å². The van der Waals surface area contributed by atoms with E-state index in [2.05, 4.69) is 79.7 Å². The summed E-state index contributed by atoms with van der Waals surface area (Å²) in [5.41, 5.74) is 8.50. The molecule has 0 heterocycles. The number of hydrogen-bond donors (Lipinski definition) is 0. The van der Waals surface area contributed by atoms with Crippen molar-refractivity contribution in [1.82, 2.24) is 0 Å². The standard InChI is InChI=1S/C21H18/c1-15-10-12-16(13-11-15)14-21-19-8-4-2-6-17(19)18-7-3-5-9-20(18)21/h2-13,21H,14H2,1H3. The van der Waals surface area contributed by atoms with Crippen molar-refractivity contribution in [2.75, 3.05) is 0 Å². The molecular weight excluding hydrogens is 252 g/mol. The molecule has 0 amide bonds. The van der Waals surface area contributed by atoms with Crippen molar-refractivity contribution in [3.05, 3.63) is 95.1 Å². The van der Waals surface area contributed by atoms with Crippen molar-refractivity contribution < 1.29 is 0 Å². The van der Waals surface area contributed by atoms with Gasteiger partial charge in [-0.1, -0.05) is 78.4 Å². The van der Waals surface area contributed by atoms with Crippen molar-refractivity contribution in [2.45, 2.75) is 19.3 Å². The van der Waals surface area contributed by atoms with Crippen molar-refractivity contribution >= 4 is 0 Å². The Morgan fingerprint density at radius 2 is 1.19 bits per heavy atom. The Morgan fingerprint density at radius 1 is 0.667 bits per heavy atom. The Hall–Kier alpha value is -2.34. The SMILES string of the molecule is Cc1ccc(CC2c3ccccc3-c3ccccc32)cc1. The Bertz CT molecular complexity index is 736. The quantitative estimate of drug-likeness (QED) is 0.589. The smallest absolute Gasteiger partial charge is 0.0142 e. The fourth-order valence-corrected chi connectivity index (χ4v) is 3.44. The second-order valence-corrected chi connectivity index (χ2v) is 5.92. The van der Waals surface area contributed by atoms with E-state index in [1.54, 1.807) is 0 Å². The van der Waals surface area contributed by atoms with Crippen LogP contribution in [0.15, 0.2) is 72.8 Å². The van der Waals surface area contributed by atoms with Crippen LogP contribution < -0.4 is 0 Å². The average molecular weight is 270 g/mol. The van der Waals surface area contributed by atoms with Gasteiger partial charge in [0.05, 0.1) is 0 Å². The van der Waals surface area contributed by atoms with Crippen LogP contribution in [-0.2, 0) is 6.42 Å². The Balaban J connectivity index is 1.79. The van der Waals surface area contributed by atoms with Crippen LogP contribution in [0.3, 0.4) is 0 Å². The van der Waals surface area contributed by atoms with Crippen LogP contribution in [0.4, 0.5) is 0 Å². The molecule has 0 nitrogen and oxygen atoms in total. The minimum Gasteiger partial charge on any atom is -0.0619 e. The fourth-order valence-electron chi connectivity index (χ4n) is 3.44. The maximum atomic E-state index is 2.29. The van der Waals surface area contributed by atoms with Gasteiger partial charge in [0.15, 0.2) is 0 Å². The summed E-state index contributed by atoms with van der Waals surface area (Å²) >= 11 is 0. The van der Waals surface area contributed by atoms with Gasteiger partial charge in [-0.25, -0.2) is 0 Å². The van der Waals surface area contributed by atoms with Crippen LogP contribution in [0.5, 0.6) is 0 Å². The largest absolute Gasteiger partial charge is 0.0619 e. The summed E-state index contributed by atoms with van der Waals surface area (Å²) in [6, 6.07) is 26.6. The normalized spacial score (nSPS) is 13.0. The molecule has 21 heavy (non-hydrogen) atoms.